The van der Waals surface area contributed by atoms with Crippen molar-refractivity contribution in [1.29, 1.82) is 0 Å². The minimum Gasteiger partial charge on any atom is -0.507 e. The number of Topliss-reactive ketones (excluding diaryl/α,β-unsaturated/α-hetero) is 1. The van der Waals surface area contributed by atoms with E-state index in [0.717, 1.165) is 0 Å². The van der Waals surface area contributed by atoms with E-state index in [2.05, 4.69) is 0 Å². The summed E-state index contributed by atoms with van der Waals surface area (Å²) in [5.74, 6) is 0.753. The topological polar surface area (TPSA) is 86.0 Å². The molecule has 0 radical (unpaired) electrons. The second-order valence-electron chi connectivity index (χ2n) is 8.64. The van der Waals surface area contributed by atoms with Crippen LogP contribution in [-0.4, -0.2) is 24.1 Å². The molecule has 3 aromatic rings. The fourth-order valence-corrected chi connectivity index (χ4v) is 3.59. The van der Waals surface area contributed by atoms with Crippen LogP contribution in [0.15, 0.2) is 45.6 Å². The lowest BCUT2D eigenvalue weighted by molar-refractivity contribution is -0.136. The molecule has 1 heterocycles. The molecule has 0 unspecified atom stereocenters. The molecule has 0 aliphatic carbocycles. The number of alkyl halides is 3. The van der Waals surface area contributed by atoms with E-state index in [9.17, 15) is 27.9 Å². The van der Waals surface area contributed by atoms with E-state index in [1.165, 1.54) is 18.2 Å². The molecule has 0 aliphatic heterocycles. The highest BCUT2D eigenvalue weighted by Gasteiger charge is 2.33. The first kappa shape index (κ1) is 26.1. The van der Waals surface area contributed by atoms with Crippen molar-refractivity contribution in [2.24, 2.45) is 5.92 Å². The summed E-state index contributed by atoms with van der Waals surface area (Å²) in [6.45, 7) is 6.16. The first-order chi connectivity index (χ1) is 16.5. The van der Waals surface area contributed by atoms with Crippen molar-refractivity contribution < 1.29 is 37.0 Å². The molecule has 0 amide bonds. The van der Waals surface area contributed by atoms with Crippen molar-refractivity contribution in [1.82, 2.24) is 0 Å². The first-order valence-electron chi connectivity index (χ1n) is 11.2. The lowest BCUT2D eigenvalue weighted by atomic mass is 9.98. The minimum absolute atomic E-state index is 0.0758. The largest absolute Gasteiger partial charge is 0.507 e. The molecule has 0 saturated heterocycles. The molecular weight excluding hydrogens is 465 g/mol. The fourth-order valence-electron chi connectivity index (χ4n) is 3.59. The van der Waals surface area contributed by atoms with Gasteiger partial charge in [0.2, 0.25) is 0 Å². The van der Waals surface area contributed by atoms with Crippen molar-refractivity contribution in [2.45, 2.75) is 46.2 Å². The Morgan fingerprint density at radius 2 is 1.74 bits per heavy atom. The van der Waals surface area contributed by atoms with Crippen LogP contribution in [0.4, 0.5) is 13.2 Å². The van der Waals surface area contributed by atoms with Crippen LogP contribution in [0.3, 0.4) is 0 Å². The molecule has 0 saturated carbocycles. The summed E-state index contributed by atoms with van der Waals surface area (Å²) >= 11 is 0. The zero-order valence-electron chi connectivity index (χ0n) is 19.7. The van der Waals surface area contributed by atoms with Crippen molar-refractivity contribution in [3.63, 3.8) is 0 Å². The molecule has 0 atom stereocenters. The van der Waals surface area contributed by atoms with E-state index in [1.54, 1.807) is 19.1 Å². The lowest BCUT2D eigenvalue weighted by Crippen LogP contribution is -2.11. The number of carbonyl (C=O) groups is 1. The molecule has 3 rings (SSSR count). The second kappa shape index (κ2) is 10.8. The van der Waals surface area contributed by atoms with Gasteiger partial charge < -0.3 is 19.0 Å². The SMILES string of the molecule is Cc1c(OCCCCOc2ccc3c(C(F)(F)F)cc(=O)oc3c2)ccc(C(=O)CC(C)C)c1O. The Morgan fingerprint density at radius 1 is 1.06 bits per heavy atom. The lowest BCUT2D eigenvalue weighted by Gasteiger charge is -2.14. The maximum atomic E-state index is 13.1. The molecule has 1 N–H and O–H groups in total. The van der Waals surface area contributed by atoms with Crippen LogP contribution < -0.4 is 15.1 Å². The smallest absolute Gasteiger partial charge is 0.417 e. The van der Waals surface area contributed by atoms with Gasteiger partial charge in [-0.15, -0.1) is 0 Å². The fraction of sp³-hybridized carbons (Fsp3) is 0.385. The van der Waals surface area contributed by atoms with Crippen LogP contribution in [0.2, 0.25) is 0 Å². The Balaban J connectivity index is 1.52. The third-order valence-corrected chi connectivity index (χ3v) is 5.36. The number of phenolic OH excluding ortho intramolecular Hbond substituents is 1. The maximum Gasteiger partial charge on any atom is 0.417 e. The second-order valence-corrected chi connectivity index (χ2v) is 8.64. The van der Waals surface area contributed by atoms with Gasteiger partial charge in [0, 0.05) is 29.5 Å². The highest BCUT2D eigenvalue weighted by atomic mass is 19.4. The number of hydrogen-bond donors (Lipinski definition) is 1. The summed E-state index contributed by atoms with van der Waals surface area (Å²) in [5.41, 5.74) is -1.56. The van der Waals surface area contributed by atoms with Crippen molar-refractivity contribution in [2.75, 3.05) is 13.2 Å². The number of ketones is 1. The van der Waals surface area contributed by atoms with Crippen molar-refractivity contribution in [3.8, 4) is 17.2 Å². The Kier molecular flexibility index (Phi) is 8.09. The molecule has 0 bridgehead atoms. The van der Waals surface area contributed by atoms with Gasteiger partial charge in [0.15, 0.2) is 5.78 Å². The molecule has 35 heavy (non-hydrogen) atoms. The Bertz CT molecular complexity index is 1260. The van der Waals surface area contributed by atoms with Gasteiger partial charge in [-0.25, -0.2) is 4.79 Å². The number of rotatable bonds is 10. The average molecular weight is 492 g/mol. The van der Waals surface area contributed by atoms with Gasteiger partial charge in [0.1, 0.15) is 22.8 Å². The number of ether oxygens (including phenoxy) is 2. The monoisotopic (exact) mass is 492 g/mol. The van der Waals surface area contributed by atoms with Crippen LogP contribution in [-0.2, 0) is 6.18 Å². The van der Waals surface area contributed by atoms with Gasteiger partial charge in [-0.1, -0.05) is 13.8 Å². The molecule has 1 aromatic heterocycles. The Morgan fingerprint density at radius 3 is 2.40 bits per heavy atom. The number of unbranched alkanes of at least 4 members (excludes halogenated alkanes) is 1. The molecule has 6 nitrogen and oxygen atoms in total. The van der Waals surface area contributed by atoms with E-state index in [1.807, 2.05) is 13.8 Å². The number of carbonyl (C=O) groups excluding carboxylic acids is 1. The van der Waals surface area contributed by atoms with E-state index >= 15 is 0 Å². The Hall–Kier alpha value is -3.49. The van der Waals surface area contributed by atoms with Crippen LogP contribution in [0.1, 0.15) is 54.6 Å². The third-order valence-electron chi connectivity index (χ3n) is 5.36. The standard InChI is InChI=1S/C26H27F3O6/c1-15(2)12-21(30)19-8-9-22(16(3)25(19)32)34-11-5-4-10-33-17-6-7-18-20(26(27,28)29)14-24(31)35-23(18)13-17/h6-9,13-15,32H,4-5,10-12H2,1-3H3. The zero-order valence-corrected chi connectivity index (χ0v) is 19.7. The van der Waals surface area contributed by atoms with Gasteiger partial charge >= 0.3 is 11.8 Å². The van der Waals surface area contributed by atoms with Crippen molar-refractivity contribution >= 4 is 16.8 Å². The number of hydrogen-bond acceptors (Lipinski definition) is 6. The first-order valence-corrected chi connectivity index (χ1v) is 11.2. The number of benzene rings is 2. The normalized spacial score (nSPS) is 11.7. The zero-order chi connectivity index (χ0) is 25.8. The summed E-state index contributed by atoms with van der Waals surface area (Å²) in [6.07, 6.45) is -3.13. The molecule has 0 aliphatic rings. The number of fused-ring (bicyclic) bond motifs is 1. The van der Waals surface area contributed by atoms with E-state index in [-0.39, 0.29) is 46.3 Å². The quantitative estimate of drug-likeness (QED) is 0.203. The Labute approximate surface area is 200 Å². The van der Waals surface area contributed by atoms with E-state index in [0.29, 0.717) is 43.2 Å². The maximum absolute atomic E-state index is 13.1. The predicted molar refractivity (Wildman–Crippen MR) is 124 cm³/mol. The van der Waals surface area contributed by atoms with Gasteiger partial charge in [0.25, 0.3) is 0 Å². The van der Waals surface area contributed by atoms with Crippen LogP contribution >= 0.6 is 0 Å². The summed E-state index contributed by atoms with van der Waals surface area (Å²) in [7, 11) is 0. The third kappa shape index (κ3) is 6.55. The molecule has 188 valence electrons. The summed E-state index contributed by atoms with van der Waals surface area (Å²) in [5, 5.41) is 10.2. The van der Waals surface area contributed by atoms with Gasteiger partial charge in [-0.2, -0.15) is 13.2 Å². The minimum atomic E-state index is -4.67. The summed E-state index contributed by atoms with van der Waals surface area (Å²) in [4.78, 5) is 23.7. The highest BCUT2D eigenvalue weighted by Crippen LogP contribution is 2.35. The van der Waals surface area contributed by atoms with Crippen LogP contribution in [0.5, 0.6) is 17.2 Å². The molecular formula is C26H27F3O6. The van der Waals surface area contributed by atoms with Crippen LogP contribution in [0, 0.1) is 12.8 Å². The number of phenols is 1. The van der Waals surface area contributed by atoms with E-state index < -0.39 is 17.4 Å². The van der Waals surface area contributed by atoms with Gasteiger partial charge in [-0.05, 0) is 49.9 Å². The predicted octanol–water partition coefficient (Wildman–Crippen LogP) is 6.29. The highest BCUT2D eigenvalue weighted by molar-refractivity contribution is 5.99. The van der Waals surface area contributed by atoms with Crippen LogP contribution in [0.25, 0.3) is 11.0 Å². The van der Waals surface area contributed by atoms with Gasteiger partial charge in [-0.3, -0.25) is 4.79 Å². The average Bonchev–Trinajstić information content (AvgIpc) is 2.76. The van der Waals surface area contributed by atoms with Crippen molar-refractivity contribution in [3.05, 3.63) is 63.5 Å². The molecule has 0 spiro atoms. The molecule has 9 heteroatoms. The molecule has 0 fully saturated rings. The van der Waals surface area contributed by atoms with Gasteiger partial charge in [0.05, 0.1) is 24.3 Å². The summed E-state index contributed by atoms with van der Waals surface area (Å²) < 4.78 is 55.6. The molecule has 2 aromatic carbocycles. The van der Waals surface area contributed by atoms with E-state index in [4.69, 9.17) is 13.9 Å². The number of halogens is 3. The number of aromatic hydroxyl groups is 1. The summed E-state index contributed by atoms with van der Waals surface area (Å²) in [6, 6.07) is 7.52.